The summed E-state index contributed by atoms with van der Waals surface area (Å²) < 4.78 is 10.9. The highest BCUT2D eigenvalue weighted by molar-refractivity contribution is 5.84. The number of fused-ring (bicyclic) bond motifs is 3. The van der Waals surface area contributed by atoms with Crippen molar-refractivity contribution >= 4 is 10.8 Å². The molecule has 0 amide bonds. The number of piperidine rings is 1. The molecule has 4 rings (SSSR count). The zero-order chi connectivity index (χ0) is 16.0. The lowest BCUT2D eigenvalue weighted by Gasteiger charge is -2.50. The third kappa shape index (κ3) is 2.51. The SMILES string of the molecule is COc1ccc2cc(C3(O)CC4COCC(C3)N4C)ccc2c1. The maximum absolute atomic E-state index is 11.3. The van der Waals surface area contributed by atoms with Crippen LogP contribution in [-0.4, -0.2) is 49.5 Å². The Morgan fingerprint density at radius 1 is 1.09 bits per heavy atom. The molecule has 0 saturated carbocycles. The minimum Gasteiger partial charge on any atom is -0.497 e. The number of hydrogen-bond donors (Lipinski definition) is 1. The van der Waals surface area contributed by atoms with Crippen LogP contribution in [0.2, 0.25) is 0 Å². The van der Waals surface area contributed by atoms with E-state index in [4.69, 9.17) is 9.47 Å². The first kappa shape index (κ1) is 14.9. The first-order valence-corrected chi connectivity index (χ1v) is 8.19. The molecule has 2 bridgehead atoms. The highest BCUT2D eigenvalue weighted by Crippen LogP contribution is 2.41. The summed E-state index contributed by atoms with van der Waals surface area (Å²) in [4.78, 5) is 2.36. The monoisotopic (exact) mass is 313 g/mol. The van der Waals surface area contributed by atoms with Crippen LogP contribution in [0.1, 0.15) is 18.4 Å². The van der Waals surface area contributed by atoms with Crippen molar-refractivity contribution in [3.05, 3.63) is 42.0 Å². The Kier molecular flexibility index (Phi) is 3.56. The minimum absolute atomic E-state index is 0.291. The molecular weight excluding hydrogens is 290 g/mol. The zero-order valence-electron chi connectivity index (χ0n) is 13.7. The molecule has 2 atom stereocenters. The van der Waals surface area contributed by atoms with E-state index >= 15 is 0 Å². The Bertz CT molecular complexity index is 716. The van der Waals surface area contributed by atoms with Crippen molar-refractivity contribution in [3.63, 3.8) is 0 Å². The number of morpholine rings is 1. The average molecular weight is 313 g/mol. The Hall–Kier alpha value is -1.62. The van der Waals surface area contributed by atoms with Gasteiger partial charge in [-0.25, -0.2) is 0 Å². The molecule has 2 aliphatic rings. The molecule has 2 saturated heterocycles. The van der Waals surface area contributed by atoms with Gasteiger partial charge in [0, 0.05) is 12.1 Å². The molecule has 2 fully saturated rings. The quantitative estimate of drug-likeness (QED) is 0.925. The fourth-order valence-electron chi connectivity index (χ4n) is 4.02. The predicted molar refractivity (Wildman–Crippen MR) is 89.8 cm³/mol. The van der Waals surface area contributed by atoms with Crippen molar-refractivity contribution in [2.24, 2.45) is 0 Å². The van der Waals surface area contributed by atoms with Gasteiger partial charge in [0.25, 0.3) is 0 Å². The average Bonchev–Trinajstić information content (AvgIpc) is 2.55. The van der Waals surface area contributed by atoms with Crippen molar-refractivity contribution in [2.75, 3.05) is 27.4 Å². The van der Waals surface area contributed by atoms with E-state index in [1.807, 2.05) is 12.1 Å². The van der Waals surface area contributed by atoms with Gasteiger partial charge < -0.3 is 14.6 Å². The Morgan fingerprint density at radius 3 is 2.43 bits per heavy atom. The topological polar surface area (TPSA) is 41.9 Å². The van der Waals surface area contributed by atoms with Crippen LogP contribution < -0.4 is 4.74 Å². The second-order valence-electron chi connectivity index (χ2n) is 6.88. The molecule has 23 heavy (non-hydrogen) atoms. The molecule has 1 N–H and O–H groups in total. The number of likely N-dealkylation sites (N-methyl/N-ethyl adjacent to an activating group) is 1. The van der Waals surface area contributed by atoms with Gasteiger partial charge in [0.15, 0.2) is 0 Å². The molecule has 2 aliphatic heterocycles. The largest absolute Gasteiger partial charge is 0.497 e. The van der Waals surface area contributed by atoms with Gasteiger partial charge in [-0.05, 0) is 54.4 Å². The number of rotatable bonds is 2. The predicted octanol–water partition coefficient (Wildman–Crippen LogP) is 2.53. The van der Waals surface area contributed by atoms with E-state index in [-0.39, 0.29) is 0 Å². The lowest BCUT2D eigenvalue weighted by atomic mass is 9.76. The standard InChI is InChI=1S/C19H23NO3/c1-20-16-9-19(21,10-17(20)12-23-11-16)15-5-3-14-8-18(22-2)6-4-13(14)7-15/h3-8,16-17,21H,9-12H2,1-2H3. The molecule has 2 heterocycles. The van der Waals surface area contributed by atoms with Crippen LogP contribution in [0.3, 0.4) is 0 Å². The van der Waals surface area contributed by atoms with E-state index in [2.05, 4.69) is 36.2 Å². The molecule has 0 aliphatic carbocycles. The van der Waals surface area contributed by atoms with Gasteiger partial charge in [0.2, 0.25) is 0 Å². The number of methoxy groups -OCH3 is 1. The summed E-state index contributed by atoms with van der Waals surface area (Å²) in [5.41, 5.74) is 0.250. The van der Waals surface area contributed by atoms with Crippen LogP contribution in [0.5, 0.6) is 5.75 Å². The van der Waals surface area contributed by atoms with Crippen molar-refractivity contribution in [2.45, 2.75) is 30.5 Å². The summed E-state index contributed by atoms with van der Waals surface area (Å²) in [5, 5.41) is 13.6. The Balaban J connectivity index is 1.70. The van der Waals surface area contributed by atoms with Gasteiger partial charge in [-0.15, -0.1) is 0 Å². The maximum atomic E-state index is 11.3. The highest BCUT2D eigenvalue weighted by Gasteiger charge is 2.45. The smallest absolute Gasteiger partial charge is 0.119 e. The molecule has 2 aromatic carbocycles. The van der Waals surface area contributed by atoms with Crippen LogP contribution in [0, 0.1) is 0 Å². The van der Waals surface area contributed by atoms with E-state index < -0.39 is 5.60 Å². The first-order valence-electron chi connectivity index (χ1n) is 8.19. The van der Waals surface area contributed by atoms with Gasteiger partial charge in [0.05, 0.1) is 25.9 Å². The molecule has 0 radical (unpaired) electrons. The van der Waals surface area contributed by atoms with E-state index in [0.717, 1.165) is 34.9 Å². The van der Waals surface area contributed by atoms with Gasteiger partial charge in [0.1, 0.15) is 5.75 Å². The van der Waals surface area contributed by atoms with Gasteiger partial charge >= 0.3 is 0 Å². The van der Waals surface area contributed by atoms with Crippen LogP contribution in [0.25, 0.3) is 10.8 Å². The zero-order valence-corrected chi connectivity index (χ0v) is 13.7. The number of aliphatic hydroxyl groups is 1. The highest BCUT2D eigenvalue weighted by atomic mass is 16.5. The Labute approximate surface area is 136 Å². The van der Waals surface area contributed by atoms with Gasteiger partial charge in [-0.3, -0.25) is 4.90 Å². The molecular formula is C19H23NO3. The summed E-state index contributed by atoms with van der Waals surface area (Å²) in [7, 11) is 3.82. The normalized spacial score (nSPS) is 31.3. The van der Waals surface area contributed by atoms with Crippen molar-refractivity contribution in [1.29, 1.82) is 0 Å². The van der Waals surface area contributed by atoms with Crippen LogP contribution in [-0.2, 0) is 10.3 Å². The van der Waals surface area contributed by atoms with Gasteiger partial charge in [-0.2, -0.15) is 0 Å². The number of ether oxygens (including phenoxy) is 2. The summed E-state index contributed by atoms with van der Waals surface area (Å²) >= 11 is 0. The van der Waals surface area contributed by atoms with Crippen LogP contribution in [0.15, 0.2) is 36.4 Å². The Morgan fingerprint density at radius 2 is 1.74 bits per heavy atom. The van der Waals surface area contributed by atoms with E-state index in [0.29, 0.717) is 25.3 Å². The molecule has 2 aromatic rings. The number of benzene rings is 2. The number of nitrogens with zero attached hydrogens (tertiary/aromatic N) is 1. The first-order chi connectivity index (χ1) is 11.1. The van der Waals surface area contributed by atoms with Gasteiger partial charge in [-0.1, -0.05) is 18.2 Å². The maximum Gasteiger partial charge on any atom is 0.119 e. The molecule has 0 aromatic heterocycles. The minimum atomic E-state index is -0.764. The molecule has 122 valence electrons. The molecule has 2 unspecified atom stereocenters. The van der Waals surface area contributed by atoms with Crippen LogP contribution >= 0.6 is 0 Å². The second kappa shape index (κ2) is 5.48. The summed E-state index contributed by atoms with van der Waals surface area (Å²) in [6.45, 7) is 1.42. The lowest BCUT2D eigenvalue weighted by molar-refractivity contribution is -0.137. The molecule has 0 spiro atoms. The van der Waals surface area contributed by atoms with Crippen molar-refractivity contribution in [3.8, 4) is 5.75 Å². The van der Waals surface area contributed by atoms with E-state index in [1.54, 1.807) is 7.11 Å². The van der Waals surface area contributed by atoms with E-state index in [9.17, 15) is 5.11 Å². The van der Waals surface area contributed by atoms with Crippen molar-refractivity contribution < 1.29 is 14.6 Å². The third-order valence-electron chi connectivity index (χ3n) is 5.50. The lowest BCUT2D eigenvalue weighted by Crippen LogP contribution is -2.59. The number of hydrogen-bond acceptors (Lipinski definition) is 4. The molecule has 4 heteroatoms. The summed E-state index contributed by atoms with van der Waals surface area (Å²) in [5.74, 6) is 0.856. The summed E-state index contributed by atoms with van der Waals surface area (Å²) in [6.07, 6.45) is 1.45. The fourth-order valence-corrected chi connectivity index (χ4v) is 4.02. The second-order valence-corrected chi connectivity index (χ2v) is 6.88. The van der Waals surface area contributed by atoms with E-state index in [1.165, 1.54) is 0 Å². The third-order valence-corrected chi connectivity index (χ3v) is 5.50. The van der Waals surface area contributed by atoms with Crippen LogP contribution in [0.4, 0.5) is 0 Å². The summed E-state index contributed by atoms with van der Waals surface area (Å²) in [6, 6.07) is 12.9. The molecule has 4 nitrogen and oxygen atoms in total. The van der Waals surface area contributed by atoms with Crippen molar-refractivity contribution in [1.82, 2.24) is 4.90 Å². The fraction of sp³-hybridized carbons (Fsp3) is 0.474.